The summed E-state index contributed by atoms with van der Waals surface area (Å²) in [5.41, 5.74) is 1.18. The highest BCUT2D eigenvalue weighted by atomic mass is 32.2. The number of rotatable bonds is 5. The second kappa shape index (κ2) is 7.11. The quantitative estimate of drug-likeness (QED) is 0.800. The minimum atomic E-state index is -3.10. The van der Waals surface area contributed by atoms with Gasteiger partial charge in [-0.05, 0) is 26.3 Å². The fourth-order valence-electron chi connectivity index (χ4n) is 3.36. The first-order valence-electron chi connectivity index (χ1n) is 8.60. The van der Waals surface area contributed by atoms with E-state index in [4.69, 9.17) is 4.74 Å². The molecule has 1 saturated heterocycles. The highest BCUT2D eigenvalue weighted by molar-refractivity contribution is 7.91. The molecule has 1 N–H and O–H groups in total. The molecule has 0 bridgehead atoms. The molecule has 0 unspecified atom stereocenters. The lowest BCUT2D eigenvalue weighted by Gasteiger charge is -2.29. The normalized spacial score (nSPS) is 20.0. The molecule has 3 rings (SSSR count). The molecule has 0 saturated carbocycles. The number of hydrogen-bond donors (Lipinski definition) is 1. The van der Waals surface area contributed by atoms with E-state index in [0.717, 1.165) is 10.9 Å². The van der Waals surface area contributed by atoms with Crippen LogP contribution in [-0.2, 0) is 19.4 Å². The molecule has 2 aromatic rings. The van der Waals surface area contributed by atoms with Gasteiger partial charge in [0.2, 0.25) is 0 Å². The van der Waals surface area contributed by atoms with Crippen LogP contribution < -0.4 is 0 Å². The molecule has 26 heavy (non-hydrogen) atoms. The van der Waals surface area contributed by atoms with Crippen molar-refractivity contribution < 1.29 is 22.7 Å². The first-order valence-corrected chi connectivity index (χ1v) is 10.4. The average Bonchev–Trinajstić information content (AvgIpc) is 3.18. The number of hydrogen-bond acceptors (Lipinski definition) is 5. The summed E-state index contributed by atoms with van der Waals surface area (Å²) < 4.78 is 28.7. The SMILES string of the molecule is CCN(C(=O)[C@@H](C)OC(=O)c1c[nH]c2ccccc12)[C@@H]1CCS(=O)(=O)C1. The van der Waals surface area contributed by atoms with Gasteiger partial charge in [-0.15, -0.1) is 0 Å². The van der Waals surface area contributed by atoms with Gasteiger partial charge in [0, 0.05) is 29.7 Å². The van der Waals surface area contributed by atoms with Crippen LogP contribution in [0.2, 0.25) is 0 Å². The van der Waals surface area contributed by atoms with E-state index >= 15 is 0 Å². The van der Waals surface area contributed by atoms with Crippen molar-refractivity contribution in [3.63, 3.8) is 0 Å². The zero-order chi connectivity index (χ0) is 18.9. The van der Waals surface area contributed by atoms with E-state index in [9.17, 15) is 18.0 Å². The number of esters is 1. The van der Waals surface area contributed by atoms with Gasteiger partial charge in [0.15, 0.2) is 15.9 Å². The van der Waals surface area contributed by atoms with Gasteiger partial charge >= 0.3 is 5.97 Å². The van der Waals surface area contributed by atoms with Gasteiger partial charge in [-0.25, -0.2) is 13.2 Å². The minimum Gasteiger partial charge on any atom is -0.449 e. The number of aromatic nitrogens is 1. The molecule has 1 aliphatic heterocycles. The third kappa shape index (κ3) is 3.60. The van der Waals surface area contributed by atoms with Crippen LogP contribution in [0.5, 0.6) is 0 Å². The summed E-state index contributed by atoms with van der Waals surface area (Å²) in [7, 11) is -3.10. The molecule has 0 radical (unpaired) electrons. The number of benzene rings is 1. The predicted molar refractivity (Wildman–Crippen MR) is 97.6 cm³/mol. The maximum Gasteiger partial charge on any atom is 0.341 e. The van der Waals surface area contributed by atoms with Crippen molar-refractivity contribution in [2.45, 2.75) is 32.4 Å². The number of likely N-dealkylation sites (N-methyl/N-ethyl adjacent to an activating group) is 1. The van der Waals surface area contributed by atoms with Gasteiger partial charge in [0.05, 0.1) is 17.1 Å². The first kappa shape index (κ1) is 18.4. The molecule has 1 amide bonds. The van der Waals surface area contributed by atoms with Gasteiger partial charge < -0.3 is 14.6 Å². The number of nitrogens with zero attached hydrogens (tertiary/aromatic N) is 1. The monoisotopic (exact) mass is 378 g/mol. The van der Waals surface area contributed by atoms with Crippen molar-refractivity contribution in [3.8, 4) is 0 Å². The largest absolute Gasteiger partial charge is 0.449 e. The minimum absolute atomic E-state index is 0.0320. The van der Waals surface area contributed by atoms with E-state index in [1.54, 1.807) is 19.2 Å². The van der Waals surface area contributed by atoms with Crippen molar-refractivity contribution in [2.24, 2.45) is 0 Å². The fourth-order valence-corrected chi connectivity index (χ4v) is 5.09. The van der Waals surface area contributed by atoms with Crippen molar-refractivity contribution in [2.75, 3.05) is 18.1 Å². The van der Waals surface area contributed by atoms with E-state index in [0.29, 0.717) is 18.5 Å². The predicted octanol–water partition coefficient (Wildman–Crippen LogP) is 1.75. The topological polar surface area (TPSA) is 96.5 Å². The summed E-state index contributed by atoms with van der Waals surface area (Å²) in [5.74, 6) is -0.901. The number of carbonyl (C=O) groups is 2. The number of amides is 1. The maximum atomic E-state index is 12.7. The van der Waals surface area contributed by atoms with Gasteiger partial charge in [-0.3, -0.25) is 4.79 Å². The maximum absolute atomic E-state index is 12.7. The number of nitrogens with one attached hydrogen (secondary N) is 1. The molecular formula is C18H22N2O5S. The number of sulfone groups is 1. The molecule has 1 aliphatic rings. The summed E-state index contributed by atoms with van der Waals surface area (Å²) in [5, 5.41) is 0.728. The van der Waals surface area contributed by atoms with E-state index in [2.05, 4.69) is 4.98 Å². The van der Waals surface area contributed by atoms with Crippen molar-refractivity contribution in [3.05, 3.63) is 36.0 Å². The van der Waals surface area contributed by atoms with Crippen LogP contribution in [0.15, 0.2) is 30.5 Å². The van der Waals surface area contributed by atoms with Crippen LogP contribution in [0.25, 0.3) is 10.9 Å². The molecule has 0 aliphatic carbocycles. The lowest BCUT2D eigenvalue weighted by atomic mass is 10.1. The number of carbonyl (C=O) groups excluding carboxylic acids is 2. The Morgan fingerprint density at radius 3 is 2.73 bits per heavy atom. The summed E-state index contributed by atoms with van der Waals surface area (Å²) >= 11 is 0. The number of ether oxygens (including phenoxy) is 1. The highest BCUT2D eigenvalue weighted by Gasteiger charge is 2.36. The molecule has 1 aromatic heterocycles. The molecule has 8 heteroatoms. The smallest absolute Gasteiger partial charge is 0.341 e. The van der Waals surface area contributed by atoms with Crippen LogP contribution >= 0.6 is 0 Å². The lowest BCUT2D eigenvalue weighted by molar-refractivity contribution is -0.141. The van der Waals surface area contributed by atoms with Crippen molar-refractivity contribution >= 4 is 32.6 Å². The van der Waals surface area contributed by atoms with Crippen LogP contribution in [0.1, 0.15) is 30.6 Å². The number of fused-ring (bicyclic) bond motifs is 1. The first-order chi connectivity index (χ1) is 12.3. The second-order valence-electron chi connectivity index (χ2n) is 6.48. The van der Waals surface area contributed by atoms with Crippen LogP contribution in [0.4, 0.5) is 0 Å². The Bertz CT molecular complexity index is 934. The molecule has 140 valence electrons. The van der Waals surface area contributed by atoms with Crippen molar-refractivity contribution in [1.82, 2.24) is 9.88 Å². The summed E-state index contributed by atoms with van der Waals surface area (Å²) in [6, 6.07) is 6.97. The zero-order valence-electron chi connectivity index (χ0n) is 14.8. The Morgan fingerprint density at radius 2 is 2.08 bits per heavy atom. The molecule has 1 aromatic carbocycles. The van der Waals surface area contributed by atoms with Gasteiger partial charge in [-0.1, -0.05) is 18.2 Å². The van der Waals surface area contributed by atoms with E-state index < -0.39 is 21.9 Å². The van der Waals surface area contributed by atoms with Gasteiger partial charge in [0.1, 0.15) is 0 Å². The third-order valence-corrected chi connectivity index (χ3v) is 6.46. The van der Waals surface area contributed by atoms with Crippen LogP contribution in [0, 0.1) is 0 Å². The van der Waals surface area contributed by atoms with Crippen LogP contribution in [0.3, 0.4) is 0 Å². The molecule has 2 atom stereocenters. The second-order valence-corrected chi connectivity index (χ2v) is 8.71. The fraction of sp³-hybridized carbons (Fsp3) is 0.444. The van der Waals surface area contributed by atoms with E-state index in [1.165, 1.54) is 11.8 Å². The average molecular weight is 378 g/mol. The number of para-hydroxylation sites is 1. The van der Waals surface area contributed by atoms with E-state index in [-0.39, 0.29) is 23.5 Å². The Labute approximate surface area is 152 Å². The standard InChI is InChI=1S/C18H22N2O5S/c1-3-20(13-8-9-26(23,24)11-13)17(21)12(2)25-18(22)15-10-19-16-7-5-4-6-14(15)16/h4-7,10,12-13,19H,3,8-9,11H2,1-2H3/t12-,13-/m1/s1. The summed E-state index contributed by atoms with van der Waals surface area (Å²) in [6.45, 7) is 3.67. The van der Waals surface area contributed by atoms with Crippen molar-refractivity contribution in [1.29, 1.82) is 0 Å². The molecule has 0 spiro atoms. The van der Waals surface area contributed by atoms with Crippen LogP contribution in [-0.4, -0.2) is 60.4 Å². The van der Waals surface area contributed by atoms with Gasteiger partial charge in [-0.2, -0.15) is 0 Å². The Hall–Kier alpha value is -2.35. The Kier molecular flexibility index (Phi) is 5.04. The summed E-state index contributed by atoms with van der Waals surface area (Å²) in [6.07, 6.45) is 0.996. The molecule has 1 fully saturated rings. The zero-order valence-corrected chi connectivity index (χ0v) is 15.6. The van der Waals surface area contributed by atoms with Gasteiger partial charge in [0.25, 0.3) is 5.91 Å². The molecular weight excluding hydrogens is 356 g/mol. The third-order valence-electron chi connectivity index (χ3n) is 4.71. The van der Waals surface area contributed by atoms with E-state index in [1.807, 2.05) is 18.2 Å². The lowest BCUT2D eigenvalue weighted by Crippen LogP contribution is -2.46. The highest BCUT2D eigenvalue weighted by Crippen LogP contribution is 2.21. The Balaban J connectivity index is 1.71. The molecule has 7 nitrogen and oxygen atoms in total. The number of H-pyrrole nitrogens is 1. The molecule has 2 heterocycles. The summed E-state index contributed by atoms with van der Waals surface area (Å²) in [4.78, 5) is 29.6. The Morgan fingerprint density at radius 1 is 1.35 bits per heavy atom. The number of aromatic amines is 1.